The number of nitrogens with zero attached hydrogens (tertiary/aromatic N) is 1. The van der Waals surface area contributed by atoms with E-state index in [0.29, 0.717) is 6.61 Å². The molecule has 0 radical (unpaired) electrons. The molecule has 1 aliphatic rings. The summed E-state index contributed by atoms with van der Waals surface area (Å²) in [7, 11) is 0. The summed E-state index contributed by atoms with van der Waals surface area (Å²) in [5.74, 6) is 0.902. The Labute approximate surface area is 96.7 Å². The number of anilines is 1. The molecule has 1 fully saturated rings. The van der Waals surface area contributed by atoms with Gasteiger partial charge in [-0.25, -0.2) is 0 Å². The van der Waals surface area contributed by atoms with Crippen molar-refractivity contribution in [3.63, 3.8) is 0 Å². The quantitative estimate of drug-likeness (QED) is 0.778. The molecule has 0 atom stereocenters. The minimum atomic E-state index is 0.562. The van der Waals surface area contributed by atoms with E-state index in [1.807, 2.05) is 12.1 Å². The number of rotatable bonds is 4. The van der Waals surface area contributed by atoms with E-state index in [1.54, 1.807) is 6.08 Å². The van der Waals surface area contributed by atoms with Crippen molar-refractivity contribution in [2.45, 2.75) is 0 Å². The second-order valence-electron chi connectivity index (χ2n) is 3.83. The zero-order valence-electron chi connectivity index (χ0n) is 9.48. The summed E-state index contributed by atoms with van der Waals surface area (Å²) < 4.78 is 5.45. The van der Waals surface area contributed by atoms with Crippen LogP contribution in [0.4, 0.5) is 5.69 Å². The highest BCUT2D eigenvalue weighted by atomic mass is 16.5. The van der Waals surface area contributed by atoms with Crippen molar-refractivity contribution in [3.05, 3.63) is 36.9 Å². The highest BCUT2D eigenvalue weighted by Gasteiger charge is 2.09. The van der Waals surface area contributed by atoms with Gasteiger partial charge >= 0.3 is 0 Å². The predicted octanol–water partition coefficient (Wildman–Crippen LogP) is 1.66. The van der Waals surface area contributed by atoms with Crippen LogP contribution in [0.3, 0.4) is 0 Å². The Hall–Kier alpha value is -1.48. The van der Waals surface area contributed by atoms with Gasteiger partial charge in [0.15, 0.2) is 0 Å². The maximum absolute atomic E-state index is 5.45. The minimum Gasteiger partial charge on any atom is -0.490 e. The lowest BCUT2D eigenvalue weighted by Crippen LogP contribution is -2.43. The van der Waals surface area contributed by atoms with Crippen LogP contribution in [0.5, 0.6) is 5.75 Å². The first kappa shape index (κ1) is 11.0. The fraction of sp³-hybridized carbons (Fsp3) is 0.385. The van der Waals surface area contributed by atoms with Gasteiger partial charge in [0.1, 0.15) is 12.4 Å². The van der Waals surface area contributed by atoms with E-state index < -0.39 is 0 Å². The topological polar surface area (TPSA) is 24.5 Å². The van der Waals surface area contributed by atoms with Gasteiger partial charge in [-0.1, -0.05) is 12.7 Å². The van der Waals surface area contributed by atoms with Crippen LogP contribution in [-0.4, -0.2) is 32.8 Å². The molecule has 86 valence electrons. The average Bonchev–Trinajstić information content (AvgIpc) is 2.38. The zero-order chi connectivity index (χ0) is 11.2. The average molecular weight is 218 g/mol. The summed E-state index contributed by atoms with van der Waals surface area (Å²) in [4.78, 5) is 2.38. The number of hydrogen-bond acceptors (Lipinski definition) is 3. The van der Waals surface area contributed by atoms with E-state index in [-0.39, 0.29) is 0 Å². The predicted molar refractivity (Wildman–Crippen MR) is 67.2 cm³/mol. The first-order valence-corrected chi connectivity index (χ1v) is 5.69. The Morgan fingerprint density at radius 3 is 2.56 bits per heavy atom. The maximum atomic E-state index is 5.45. The first-order valence-electron chi connectivity index (χ1n) is 5.69. The largest absolute Gasteiger partial charge is 0.490 e. The fourth-order valence-electron chi connectivity index (χ4n) is 1.83. The van der Waals surface area contributed by atoms with Crippen LogP contribution < -0.4 is 15.0 Å². The second kappa shape index (κ2) is 5.56. The molecule has 1 saturated heterocycles. The van der Waals surface area contributed by atoms with Gasteiger partial charge < -0.3 is 15.0 Å². The normalized spacial score (nSPS) is 15.9. The molecule has 3 heteroatoms. The molecule has 1 aromatic carbocycles. The van der Waals surface area contributed by atoms with E-state index in [0.717, 1.165) is 31.9 Å². The third kappa shape index (κ3) is 2.76. The monoisotopic (exact) mass is 218 g/mol. The van der Waals surface area contributed by atoms with Crippen molar-refractivity contribution in [1.29, 1.82) is 0 Å². The van der Waals surface area contributed by atoms with Crippen LogP contribution in [0.25, 0.3) is 0 Å². The van der Waals surface area contributed by atoms with E-state index in [2.05, 4.69) is 28.9 Å². The summed E-state index contributed by atoms with van der Waals surface area (Å²) in [6.07, 6.45) is 1.75. The third-order valence-corrected chi connectivity index (χ3v) is 2.69. The van der Waals surface area contributed by atoms with Crippen LogP contribution in [0, 0.1) is 0 Å². The Morgan fingerprint density at radius 2 is 1.94 bits per heavy atom. The molecule has 1 heterocycles. The van der Waals surface area contributed by atoms with E-state index in [4.69, 9.17) is 4.74 Å². The molecule has 1 aliphatic heterocycles. The molecule has 0 bridgehead atoms. The van der Waals surface area contributed by atoms with Crippen molar-refractivity contribution in [1.82, 2.24) is 5.32 Å². The smallest absolute Gasteiger partial charge is 0.119 e. The Morgan fingerprint density at radius 1 is 1.25 bits per heavy atom. The molecule has 2 rings (SSSR count). The fourth-order valence-corrected chi connectivity index (χ4v) is 1.83. The lowest BCUT2D eigenvalue weighted by Gasteiger charge is -2.29. The summed E-state index contributed by atoms with van der Waals surface area (Å²) in [6, 6.07) is 8.26. The molecule has 0 saturated carbocycles. The molecular formula is C13H18N2O. The van der Waals surface area contributed by atoms with Crippen molar-refractivity contribution in [3.8, 4) is 5.75 Å². The number of nitrogens with one attached hydrogen (secondary N) is 1. The molecule has 1 aromatic rings. The summed E-state index contributed by atoms with van der Waals surface area (Å²) >= 11 is 0. The van der Waals surface area contributed by atoms with Crippen molar-refractivity contribution in [2.24, 2.45) is 0 Å². The van der Waals surface area contributed by atoms with Crippen LogP contribution in [0.15, 0.2) is 36.9 Å². The standard InChI is InChI=1S/C13H18N2O/c1-2-11-16-13-5-3-12(4-6-13)15-9-7-14-8-10-15/h2-6,14H,1,7-11H2. The SMILES string of the molecule is C=CCOc1ccc(N2CCNCC2)cc1. The summed E-state index contributed by atoms with van der Waals surface area (Å²) in [5, 5.41) is 3.35. The molecular weight excluding hydrogens is 200 g/mol. The highest BCUT2D eigenvalue weighted by molar-refractivity contribution is 5.49. The Kier molecular flexibility index (Phi) is 3.83. The Bertz CT molecular complexity index is 328. The van der Waals surface area contributed by atoms with Gasteiger partial charge in [0, 0.05) is 31.9 Å². The summed E-state index contributed by atoms with van der Waals surface area (Å²) in [6.45, 7) is 8.47. The first-order chi connectivity index (χ1) is 7.90. The zero-order valence-corrected chi connectivity index (χ0v) is 9.48. The van der Waals surface area contributed by atoms with Gasteiger partial charge in [-0.3, -0.25) is 0 Å². The molecule has 0 aromatic heterocycles. The molecule has 0 amide bonds. The molecule has 0 spiro atoms. The van der Waals surface area contributed by atoms with Crippen molar-refractivity contribution < 1.29 is 4.74 Å². The van der Waals surface area contributed by atoms with Crippen molar-refractivity contribution in [2.75, 3.05) is 37.7 Å². The van der Waals surface area contributed by atoms with Crippen molar-refractivity contribution >= 4 is 5.69 Å². The molecule has 0 aliphatic carbocycles. The minimum absolute atomic E-state index is 0.562. The van der Waals surface area contributed by atoms with Gasteiger partial charge in [-0.15, -0.1) is 0 Å². The van der Waals surface area contributed by atoms with Crippen LogP contribution in [0.1, 0.15) is 0 Å². The second-order valence-corrected chi connectivity index (χ2v) is 3.83. The van der Waals surface area contributed by atoms with Crippen LogP contribution in [-0.2, 0) is 0 Å². The van der Waals surface area contributed by atoms with E-state index in [9.17, 15) is 0 Å². The molecule has 3 nitrogen and oxygen atoms in total. The number of ether oxygens (including phenoxy) is 1. The van der Waals surface area contributed by atoms with Gasteiger partial charge in [-0.2, -0.15) is 0 Å². The number of piperazine rings is 1. The molecule has 0 unspecified atom stereocenters. The van der Waals surface area contributed by atoms with Gasteiger partial charge in [0.05, 0.1) is 0 Å². The molecule has 16 heavy (non-hydrogen) atoms. The lowest BCUT2D eigenvalue weighted by atomic mass is 10.2. The summed E-state index contributed by atoms with van der Waals surface area (Å²) in [5.41, 5.74) is 1.27. The maximum Gasteiger partial charge on any atom is 0.119 e. The third-order valence-electron chi connectivity index (χ3n) is 2.69. The lowest BCUT2D eigenvalue weighted by molar-refractivity contribution is 0.363. The van der Waals surface area contributed by atoms with Gasteiger partial charge in [0.25, 0.3) is 0 Å². The Balaban J connectivity index is 1.97. The molecule has 1 N–H and O–H groups in total. The van der Waals surface area contributed by atoms with E-state index >= 15 is 0 Å². The highest BCUT2D eigenvalue weighted by Crippen LogP contribution is 2.19. The van der Waals surface area contributed by atoms with Gasteiger partial charge in [0.2, 0.25) is 0 Å². The number of hydrogen-bond donors (Lipinski definition) is 1. The van der Waals surface area contributed by atoms with Crippen LogP contribution >= 0.6 is 0 Å². The number of benzene rings is 1. The van der Waals surface area contributed by atoms with Gasteiger partial charge in [-0.05, 0) is 24.3 Å². The van der Waals surface area contributed by atoms with E-state index in [1.165, 1.54) is 5.69 Å². The van der Waals surface area contributed by atoms with Crippen LogP contribution in [0.2, 0.25) is 0 Å².